The molecule has 0 saturated carbocycles. The van der Waals surface area contributed by atoms with Gasteiger partial charge in [-0.05, 0) is 12.1 Å². The molecule has 2 aromatic rings. The number of para-hydroxylation sites is 1. The Morgan fingerprint density at radius 2 is 2.21 bits per heavy atom. The summed E-state index contributed by atoms with van der Waals surface area (Å²) in [5.41, 5.74) is 1.62. The van der Waals surface area contributed by atoms with Gasteiger partial charge in [-0.1, -0.05) is 6.07 Å². The minimum atomic E-state index is -0.940. The molecule has 1 aromatic heterocycles. The van der Waals surface area contributed by atoms with Gasteiger partial charge in [0.1, 0.15) is 5.52 Å². The van der Waals surface area contributed by atoms with Gasteiger partial charge in [0, 0.05) is 7.05 Å². The van der Waals surface area contributed by atoms with E-state index in [2.05, 4.69) is 4.98 Å². The Kier molecular flexibility index (Phi) is 2.76. The van der Waals surface area contributed by atoms with E-state index in [1.54, 1.807) is 23.0 Å². The van der Waals surface area contributed by atoms with Crippen molar-refractivity contribution in [3.8, 4) is 0 Å². The fourth-order valence-corrected chi connectivity index (χ4v) is 1.33. The van der Waals surface area contributed by atoms with Gasteiger partial charge in [-0.2, -0.15) is 0 Å². The van der Waals surface area contributed by atoms with Crippen LogP contribution in [-0.2, 0) is 7.05 Å². The zero-order chi connectivity index (χ0) is 9.42. The lowest BCUT2D eigenvalue weighted by Crippen LogP contribution is -1.97. The monoisotopic (exact) mass is 212 g/mol. The second kappa shape index (κ2) is 3.67. The van der Waals surface area contributed by atoms with E-state index >= 15 is 0 Å². The van der Waals surface area contributed by atoms with Crippen molar-refractivity contribution in [3.05, 3.63) is 30.1 Å². The Balaban J connectivity index is 0.000000980. The van der Waals surface area contributed by atoms with E-state index in [1.807, 2.05) is 13.1 Å². The molecule has 0 fully saturated rings. The first-order valence-electron chi connectivity index (χ1n) is 3.83. The Hall–Kier alpha value is -1.55. The highest BCUT2D eigenvalue weighted by Gasteiger charge is 2.10. The van der Waals surface area contributed by atoms with Crippen LogP contribution in [0.4, 0.5) is 0 Å². The number of hydrogen-bond donors (Lipinski definition) is 1. The summed E-state index contributed by atoms with van der Waals surface area (Å²) in [6, 6.07) is 5.11. The molecular weight excluding hydrogens is 204 g/mol. The van der Waals surface area contributed by atoms with Crippen LogP contribution >= 0.6 is 12.4 Å². The molecule has 2 rings (SSSR count). The summed E-state index contributed by atoms with van der Waals surface area (Å²) in [7, 11) is 1.83. The molecule has 14 heavy (non-hydrogen) atoms. The molecule has 74 valence electrons. The number of carboxylic acid groups (broad SMARTS) is 1. The van der Waals surface area contributed by atoms with Gasteiger partial charge in [0.25, 0.3) is 0 Å². The molecule has 1 heterocycles. The Morgan fingerprint density at radius 3 is 2.86 bits per heavy atom. The van der Waals surface area contributed by atoms with E-state index in [0.717, 1.165) is 5.52 Å². The van der Waals surface area contributed by atoms with Crippen LogP contribution in [0.2, 0.25) is 0 Å². The van der Waals surface area contributed by atoms with Crippen molar-refractivity contribution in [2.75, 3.05) is 0 Å². The van der Waals surface area contributed by atoms with Crippen molar-refractivity contribution in [3.63, 3.8) is 0 Å². The third-order valence-corrected chi connectivity index (χ3v) is 1.99. The molecular formula is C9H9ClN2O2. The first-order chi connectivity index (χ1) is 6.20. The number of aromatic nitrogens is 2. The van der Waals surface area contributed by atoms with E-state index < -0.39 is 5.97 Å². The molecule has 0 amide bonds. The molecule has 1 N–H and O–H groups in total. The van der Waals surface area contributed by atoms with Crippen molar-refractivity contribution in [2.24, 2.45) is 7.05 Å². The van der Waals surface area contributed by atoms with E-state index in [9.17, 15) is 4.79 Å². The van der Waals surface area contributed by atoms with Crippen LogP contribution in [0, 0.1) is 0 Å². The summed E-state index contributed by atoms with van der Waals surface area (Å²) >= 11 is 0. The number of fused-ring (bicyclic) bond motifs is 1. The molecule has 0 unspecified atom stereocenters. The van der Waals surface area contributed by atoms with E-state index in [-0.39, 0.29) is 18.0 Å². The minimum absolute atomic E-state index is 0. The molecule has 0 aliphatic rings. The van der Waals surface area contributed by atoms with Crippen molar-refractivity contribution in [2.45, 2.75) is 0 Å². The highest BCUT2D eigenvalue weighted by Crippen LogP contribution is 2.15. The summed E-state index contributed by atoms with van der Waals surface area (Å²) in [5, 5.41) is 8.84. The van der Waals surface area contributed by atoms with Crippen LogP contribution in [-0.4, -0.2) is 20.6 Å². The van der Waals surface area contributed by atoms with Crippen LogP contribution in [0.5, 0.6) is 0 Å². The topological polar surface area (TPSA) is 55.1 Å². The molecule has 0 atom stereocenters. The van der Waals surface area contributed by atoms with Gasteiger partial charge >= 0.3 is 5.97 Å². The minimum Gasteiger partial charge on any atom is -0.478 e. The predicted octanol–water partition coefficient (Wildman–Crippen LogP) is 1.69. The average molecular weight is 213 g/mol. The van der Waals surface area contributed by atoms with Crippen molar-refractivity contribution >= 4 is 29.4 Å². The largest absolute Gasteiger partial charge is 0.478 e. The van der Waals surface area contributed by atoms with Crippen LogP contribution in [0.25, 0.3) is 11.0 Å². The second-order valence-electron chi connectivity index (χ2n) is 2.83. The molecule has 0 aliphatic heterocycles. The first kappa shape index (κ1) is 10.5. The molecule has 0 saturated heterocycles. The maximum atomic E-state index is 10.8. The number of benzene rings is 1. The summed E-state index contributed by atoms with van der Waals surface area (Å²) in [5.74, 6) is -0.940. The molecule has 4 nitrogen and oxygen atoms in total. The summed E-state index contributed by atoms with van der Waals surface area (Å²) in [6.07, 6.45) is 1.61. The van der Waals surface area contributed by atoms with Gasteiger partial charge in [0.05, 0.1) is 17.4 Å². The molecule has 1 aromatic carbocycles. The lowest BCUT2D eigenvalue weighted by Gasteiger charge is -1.96. The normalized spacial score (nSPS) is 9.79. The van der Waals surface area contributed by atoms with Gasteiger partial charge in [0.15, 0.2) is 0 Å². The summed E-state index contributed by atoms with van der Waals surface area (Å²) < 4.78 is 1.79. The molecule has 0 bridgehead atoms. The number of aryl methyl sites for hydroxylation is 1. The summed E-state index contributed by atoms with van der Waals surface area (Å²) in [4.78, 5) is 14.8. The van der Waals surface area contributed by atoms with Gasteiger partial charge in [0.2, 0.25) is 0 Å². The number of imidazole rings is 1. The molecule has 0 spiro atoms. The van der Waals surface area contributed by atoms with Gasteiger partial charge in [-0.15, -0.1) is 12.4 Å². The van der Waals surface area contributed by atoms with Crippen LogP contribution in [0.1, 0.15) is 10.4 Å². The third-order valence-electron chi connectivity index (χ3n) is 1.99. The Morgan fingerprint density at radius 1 is 1.50 bits per heavy atom. The lowest BCUT2D eigenvalue weighted by atomic mass is 10.2. The Labute approximate surface area is 86.6 Å². The van der Waals surface area contributed by atoms with E-state index in [4.69, 9.17) is 5.11 Å². The van der Waals surface area contributed by atoms with Crippen molar-refractivity contribution in [1.29, 1.82) is 0 Å². The van der Waals surface area contributed by atoms with Gasteiger partial charge < -0.3 is 9.67 Å². The number of rotatable bonds is 1. The molecule has 0 aliphatic carbocycles. The second-order valence-corrected chi connectivity index (χ2v) is 2.83. The third kappa shape index (κ3) is 1.44. The standard InChI is InChI=1S/C9H8N2O2.ClH/c1-11-5-10-8-6(9(12)13)3-2-4-7(8)11;/h2-5H,1H3,(H,12,13);1H. The Bertz CT molecular complexity index is 479. The smallest absolute Gasteiger partial charge is 0.337 e. The SMILES string of the molecule is Cl.Cn1cnc2c(C(=O)O)cccc21. The zero-order valence-corrected chi connectivity index (χ0v) is 8.28. The number of carboxylic acids is 1. The van der Waals surface area contributed by atoms with E-state index in [1.165, 1.54) is 0 Å². The lowest BCUT2D eigenvalue weighted by molar-refractivity contribution is 0.0699. The number of aromatic carboxylic acids is 1. The quantitative estimate of drug-likeness (QED) is 0.783. The number of nitrogens with zero attached hydrogens (tertiary/aromatic N) is 2. The molecule has 0 radical (unpaired) electrons. The fraction of sp³-hybridized carbons (Fsp3) is 0.111. The predicted molar refractivity (Wildman–Crippen MR) is 54.9 cm³/mol. The van der Waals surface area contributed by atoms with E-state index in [0.29, 0.717) is 5.52 Å². The fourth-order valence-electron chi connectivity index (χ4n) is 1.33. The average Bonchev–Trinajstić information content (AvgIpc) is 2.48. The van der Waals surface area contributed by atoms with Gasteiger partial charge in [-0.3, -0.25) is 0 Å². The highest BCUT2D eigenvalue weighted by molar-refractivity contribution is 6.00. The van der Waals surface area contributed by atoms with Crippen molar-refractivity contribution in [1.82, 2.24) is 9.55 Å². The summed E-state index contributed by atoms with van der Waals surface area (Å²) in [6.45, 7) is 0. The highest BCUT2D eigenvalue weighted by atomic mass is 35.5. The van der Waals surface area contributed by atoms with Crippen LogP contribution < -0.4 is 0 Å². The number of halogens is 1. The van der Waals surface area contributed by atoms with Gasteiger partial charge in [-0.25, -0.2) is 9.78 Å². The first-order valence-corrected chi connectivity index (χ1v) is 3.83. The number of carbonyl (C=O) groups is 1. The zero-order valence-electron chi connectivity index (χ0n) is 7.47. The maximum absolute atomic E-state index is 10.8. The van der Waals surface area contributed by atoms with Crippen molar-refractivity contribution < 1.29 is 9.90 Å². The van der Waals surface area contributed by atoms with Crippen LogP contribution in [0.3, 0.4) is 0 Å². The van der Waals surface area contributed by atoms with Crippen LogP contribution in [0.15, 0.2) is 24.5 Å². The number of hydrogen-bond acceptors (Lipinski definition) is 2. The maximum Gasteiger partial charge on any atom is 0.337 e. The molecule has 5 heteroatoms.